The fraction of sp³-hybridized carbons (Fsp3) is 0.120. The molecule has 2 N–H and O–H groups in total. The Hall–Kier alpha value is -3.06. The van der Waals surface area contributed by atoms with Crippen molar-refractivity contribution in [1.82, 2.24) is 0 Å². The normalized spacial score (nSPS) is 18.2. The standard InChI is InChI=1S/C25H19N/c1-15-14-22(26)23-18-10-4-7-13-21(18)25(24(15)23)19-11-5-2-8-16(19)17-9-3-6-12-20(17)25/h2-13H,14,26H2,1H3. The van der Waals surface area contributed by atoms with Crippen molar-refractivity contribution in [1.29, 1.82) is 0 Å². The second kappa shape index (κ2) is 4.56. The molecule has 3 aromatic carbocycles. The van der Waals surface area contributed by atoms with E-state index in [0.29, 0.717) is 0 Å². The largest absolute Gasteiger partial charge is 0.401 e. The fourth-order valence-corrected chi connectivity index (χ4v) is 5.61. The molecule has 26 heavy (non-hydrogen) atoms. The molecule has 3 aromatic rings. The highest BCUT2D eigenvalue weighted by atomic mass is 14.7. The number of nitrogens with two attached hydrogens (primary N) is 1. The van der Waals surface area contributed by atoms with Gasteiger partial charge in [0.25, 0.3) is 0 Å². The maximum Gasteiger partial charge on any atom is 0.0725 e. The highest BCUT2D eigenvalue weighted by Crippen LogP contribution is 2.66. The lowest BCUT2D eigenvalue weighted by molar-refractivity contribution is 0.784. The van der Waals surface area contributed by atoms with E-state index in [9.17, 15) is 0 Å². The molecule has 3 aliphatic carbocycles. The van der Waals surface area contributed by atoms with Gasteiger partial charge in [0.15, 0.2) is 0 Å². The van der Waals surface area contributed by atoms with Crippen molar-refractivity contribution in [3.8, 4) is 11.1 Å². The van der Waals surface area contributed by atoms with E-state index < -0.39 is 0 Å². The number of allylic oxidation sites excluding steroid dienone is 3. The lowest BCUT2D eigenvalue weighted by atomic mass is 9.70. The average Bonchev–Trinajstić information content (AvgIpc) is 3.26. The molecule has 0 radical (unpaired) electrons. The SMILES string of the molecule is CC1=C2C(=C(N)C1)c1ccccc1C21c2ccccc2-c2ccccc21. The van der Waals surface area contributed by atoms with Crippen LogP contribution in [0.25, 0.3) is 16.7 Å². The van der Waals surface area contributed by atoms with Gasteiger partial charge in [-0.2, -0.15) is 0 Å². The first-order valence-electron chi connectivity index (χ1n) is 9.23. The summed E-state index contributed by atoms with van der Waals surface area (Å²) in [5, 5.41) is 0. The Morgan fingerprint density at radius 2 is 1.15 bits per heavy atom. The minimum Gasteiger partial charge on any atom is -0.401 e. The smallest absolute Gasteiger partial charge is 0.0725 e. The number of fused-ring (bicyclic) bond motifs is 10. The van der Waals surface area contributed by atoms with Gasteiger partial charge in [0.05, 0.1) is 5.41 Å². The second-order valence-electron chi connectivity index (χ2n) is 7.62. The molecule has 1 spiro atoms. The molecule has 0 aliphatic heterocycles. The van der Waals surface area contributed by atoms with Gasteiger partial charge in [-0.1, -0.05) is 78.4 Å². The molecule has 1 nitrogen and oxygen atoms in total. The van der Waals surface area contributed by atoms with Crippen LogP contribution in [0.15, 0.2) is 89.6 Å². The maximum absolute atomic E-state index is 6.55. The molecule has 3 aliphatic rings. The predicted molar refractivity (Wildman–Crippen MR) is 107 cm³/mol. The van der Waals surface area contributed by atoms with Crippen LogP contribution in [0.1, 0.15) is 35.6 Å². The summed E-state index contributed by atoms with van der Waals surface area (Å²) in [6, 6.07) is 26.6. The molecule has 0 fully saturated rings. The van der Waals surface area contributed by atoms with Gasteiger partial charge >= 0.3 is 0 Å². The van der Waals surface area contributed by atoms with Gasteiger partial charge < -0.3 is 5.73 Å². The molecule has 0 aromatic heterocycles. The second-order valence-corrected chi connectivity index (χ2v) is 7.62. The molecule has 0 atom stereocenters. The number of hydrogen-bond donors (Lipinski definition) is 1. The van der Waals surface area contributed by atoms with Gasteiger partial charge in [0.1, 0.15) is 0 Å². The first-order chi connectivity index (χ1) is 12.7. The summed E-state index contributed by atoms with van der Waals surface area (Å²) in [6.45, 7) is 2.26. The molecular formula is C25H19N. The Bertz CT molecular complexity index is 1130. The quantitative estimate of drug-likeness (QED) is 0.585. The van der Waals surface area contributed by atoms with Crippen molar-refractivity contribution in [3.05, 3.63) is 112 Å². The zero-order valence-corrected chi connectivity index (χ0v) is 14.7. The number of hydrogen-bond acceptors (Lipinski definition) is 1. The summed E-state index contributed by atoms with van der Waals surface area (Å²) >= 11 is 0. The molecule has 0 saturated heterocycles. The molecule has 124 valence electrons. The monoisotopic (exact) mass is 333 g/mol. The summed E-state index contributed by atoms with van der Waals surface area (Å²) in [4.78, 5) is 0. The minimum absolute atomic E-state index is 0.218. The predicted octanol–water partition coefficient (Wildman–Crippen LogP) is 5.41. The molecule has 0 bridgehead atoms. The third-order valence-electron chi connectivity index (χ3n) is 6.38. The summed E-state index contributed by atoms with van der Waals surface area (Å²) in [7, 11) is 0. The molecule has 6 rings (SSSR count). The van der Waals surface area contributed by atoms with Crippen molar-refractivity contribution >= 4 is 5.57 Å². The Balaban J connectivity index is 1.88. The number of benzene rings is 3. The summed E-state index contributed by atoms with van der Waals surface area (Å²) < 4.78 is 0. The average molecular weight is 333 g/mol. The van der Waals surface area contributed by atoms with Crippen LogP contribution in [0.5, 0.6) is 0 Å². The van der Waals surface area contributed by atoms with E-state index >= 15 is 0 Å². The van der Waals surface area contributed by atoms with Crippen LogP contribution in [0.3, 0.4) is 0 Å². The van der Waals surface area contributed by atoms with Gasteiger partial charge in [-0.25, -0.2) is 0 Å². The van der Waals surface area contributed by atoms with Crippen LogP contribution in [0, 0.1) is 0 Å². The highest BCUT2D eigenvalue weighted by Gasteiger charge is 2.55. The zero-order valence-electron chi connectivity index (χ0n) is 14.7. The van der Waals surface area contributed by atoms with Gasteiger partial charge in [0.2, 0.25) is 0 Å². The van der Waals surface area contributed by atoms with E-state index in [4.69, 9.17) is 5.73 Å². The van der Waals surface area contributed by atoms with Crippen LogP contribution >= 0.6 is 0 Å². The van der Waals surface area contributed by atoms with Crippen molar-refractivity contribution in [3.63, 3.8) is 0 Å². The van der Waals surface area contributed by atoms with Gasteiger partial charge in [0, 0.05) is 17.7 Å². The van der Waals surface area contributed by atoms with Gasteiger partial charge in [-0.15, -0.1) is 0 Å². The third kappa shape index (κ3) is 1.37. The molecule has 0 saturated carbocycles. The Kier molecular flexibility index (Phi) is 2.48. The Morgan fingerprint density at radius 3 is 1.73 bits per heavy atom. The van der Waals surface area contributed by atoms with E-state index in [1.807, 2.05) is 0 Å². The third-order valence-corrected chi connectivity index (χ3v) is 6.38. The highest BCUT2D eigenvalue weighted by molar-refractivity contribution is 6.02. The van der Waals surface area contributed by atoms with Crippen molar-refractivity contribution in [2.45, 2.75) is 18.8 Å². The molecule has 1 heteroatoms. The molecule has 0 amide bonds. The van der Waals surface area contributed by atoms with Crippen LogP contribution in [0.2, 0.25) is 0 Å². The van der Waals surface area contributed by atoms with Crippen LogP contribution < -0.4 is 5.73 Å². The molecular weight excluding hydrogens is 314 g/mol. The lowest BCUT2D eigenvalue weighted by Gasteiger charge is -2.31. The van der Waals surface area contributed by atoms with E-state index in [1.54, 1.807) is 0 Å². The lowest BCUT2D eigenvalue weighted by Crippen LogP contribution is -2.26. The Labute approximate surface area is 153 Å². The molecule has 0 heterocycles. The van der Waals surface area contributed by atoms with Crippen LogP contribution in [0.4, 0.5) is 0 Å². The first-order valence-corrected chi connectivity index (χ1v) is 9.23. The topological polar surface area (TPSA) is 26.0 Å². The number of rotatable bonds is 0. The summed E-state index contributed by atoms with van der Waals surface area (Å²) in [6.07, 6.45) is 0.880. The van der Waals surface area contributed by atoms with Crippen LogP contribution in [-0.2, 0) is 5.41 Å². The summed E-state index contributed by atoms with van der Waals surface area (Å²) in [5.41, 5.74) is 19.6. The minimum atomic E-state index is -0.218. The Morgan fingerprint density at radius 1 is 0.692 bits per heavy atom. The van der Waals surface area contributed by atoms with Crippen molar-refractivity contribution in [2.75, 3.05) is 0 Å². The van der Waals surface area contributed by atoms with E-state index in [0.717, 1.165) is 12.1 Å². The van der Waals surface area contributed by atoms with E-state index in [-0.39, 0.29) is 5.41 Å². The van der Waals surface area contributed by atoms with Gasteiger partial charge in [-0.3, -0.25) is 0 Å². The van der Waals surface area contributed by atoms with E-state index in [1.165, 1.54) is 50.1 Å². The fourth-order valence-electron chi connectivity index (χ4n) is 5.61. The summed E-state index contributed by atoms with van der Waals surface area (Å²) in [5.74, 6) is 0. The van der Waals surface area contributed by atoms with Crippen LogP contribution in [-0.4, -0.2) is 0 Å². The first kappa shape index (κ1) is 14.1. The van der Waals surface area contributed by atoms with E-state index in [2.05, 4.69) is 79.7 Å². The maximum atomic E-state index is 6.55. The zero-order chi connectivity index (χ0) is 17.5. The van der Waals surface area contributed by atoms with Crippen molar-refractivity contribution in [2.24, 2.45) is 5.73 Å². The molecule has 0 unspecified atom stereocenters. The van der Waals surface area contributed by atoms with Gasteiger partial charge in [-0.05, 0) is 45.9 Å². The van der Waals surface area contributed by atoms with Crippen molar-refractivity contribution < 1.29 is 0 Å².